The molecular weight excluding hydrogens is 328 g/mol. The summed E-state index contributed by atoms with van der Waals surface area (Å²) in [6.07, 6.45) is 2.31. The minimum atomic E-state index is -0.255. The molecule has 2 N–H and O–H groups in total. The van der Waals surface area contributed by atoms with Gasteiger partial charge < -0.3 is 20.1 Å². The number of hydrogen-bond donors (Lipinski definition) is 2. The van der Waals surface area contributed by atoms with Crippen molar-refractivity contribution >= 4 is 5.96 Å². The standard InChI is InChI=1S/C20H26N4O2/c1-2-21-20(24-12-10-18(25)14-24)23-13-16-6-8-19(9-7-16)26-15-17-5-3-4-11-22-17/h3-9,11,18,25H,2,10,12-15H2,1H3,(H,21,23). The Hall–Kier alpha value is -2.60. The molecule has 1 fully saturated rings. The predicted molar refractivity (Wildman–Crippen MR) is 102 cm³/mol. The van der Waals surface area contributed by atoms with Crippen LogP contribution in [0.25, 0.3) is 0 Å². The van der Waals surface area contributed by atoms with E-state index < -0.39 is 0 Å². The number of hydrogen-bond acceptors (Lipinski definition) is 4. The molecular formula is C20H26N4O2. The van der Waals surface area contributed by atoms with Crippen LogP contribution < -0.4 is 10.1 Å². The van der Waals surface area contributed by atoms with Crippen molar-refractivity contribution in [2.45, 2.75) is 32.6 Å². The number of guanidine groups is 1. The maximum Gasteiger partial charge on any atom is 0.194 e. The number of rotatable bonds is 6. The molecule has 1 saturated heterocycles. The van der Waals surface area contributed by atoms with E-state index in [1.165, 1.54) is 0 Å². The fourth-order valence-electron chi connectivity index (χ4n) is 2.86. The average molecular weight is 354 g/mol. The Balaban J connectivity index is 1.55. The number of likely N-dealkylation sites (tertiary alicyclic amines) is 1. The van der Waals surface area contributed by atoms with Gasteiger partial charge in [0.15, 0.2) is 5.96 Å². The second-order valence-corrected chi connectivity index (χ2v) is 6.31. The summed E-state index contributed by atoms with van der Waals surface area (Å²) in [6.45, 7) is 5.40. The molecule has 1 aromatic heterocycles. The lowest BCUT2D eigenvalue weighted by molar-refractivity contribution is 0.188. The first-order valence-corrected chi connectivity index (χ1v) is 9.07. The number of aliphatic hydroxyl groups is 1. The summed E-state index contributed by atoms with van der Waals surface area (Å²) in [5.74, 6) is 1.68. The molecule has 0 amide bonds. The molecule has 1 aromatic carbocycles. The van der Waals surface area contributed by atoms with Gasteiger partial charge >= 0.3 is 0 Å². The molecule has 6 nitrogen and oxygen atoms in total. The number of pyridine rings is 1. The maximum atomic E-state index is 9.72. The number of aromatic nitrogens is 1. The molecule has 0 bridgehead atoms. The Kier molecular flexibility index (Phi) is 6.44. The Morgan fingerprint density at radius 1 is 1.31 bits per heavy atom. The number of aliphatic hydroxyl groups excluding tert-OH is 1. The van der Waals surface area contributed by atoms with Crippen LogP contribution in [0.5, 0.6) is 5.75 Å². The second kappa shape index (κ2) is 9.20. The first-order valence-electron chi connectivity index (χ1n) is 9.07. The van der Waals surface area contributed by atoms with Crippen molar-refractivity contribution < 1.29 is 9.84 Å². The molecule has 1 aliphatic heterocycles. The average Bonchev–Trinajstić information content (AvgIpc) is 3.11. The van der Waals surface area contributed by atoms with Crippen molar-refractivity contribution in [1.82, 2.24) is 15.2 Å². The SMILES string of the molecule is CCNC(=NCc1ccc(OCc2ccccn2)cc1)N1CCC(O)C1. The van der Waals surface area contributed by atoms with Gasteiger partial charge in [-0.1, -0.05) is 18.2 Å². The van der Waals surface area contributed by atoms with Gasteiger partial charge in [0, 0.05) is 25.8 Å². The van der Waals surface area contributed by atoms with E-state index in [1.54, 1.807) is 6.20 Å². The minimum absolute atomic E-state index is 0.255. The lowest BCUT2D eigenvalue weighted by Gasteiger charge is -2.20. The summed E-state index contributed by atoms with van der Waals surface area (Å²) in [4.78, 5) is 11.1. The summed E-state index contributed by atoms with van der Waals surface area (Å²) >= 11 is 0. The number of nitrogens with one attached hydrogen (secondary N) is 1. The number of ether oxygens (including phenoxy) is 1. The van der Waals surface area contributed by atoms with Gasteiger partial charge in [0.1, 0.15) is 12.4 Å². The molecule has 138 valence electrons. The van der Waals surface area contributed by atoms with E-state index in [2.05, 4.69) is 22.1 Å². The largest absolute Gasteiger partial charge is 0.487 e. The third-order valence-electron chi connectivity index (χ3n) is 4.25. The normalized spacial score (nSPS) is 17.4. The molecule has 0 saturated carbocycles. The van der Waals surface area contributed by atoms with E-state index in [0.29, 0.717) is 19.7 Å². The van der Waals surface area contributed by atoms with Gasteiger partial charge in [-0.15, -0.1) is 0 Å². The van der Waals surface area contributed by atoms with Crippen molar-refractivity contribution in [3.63, 3.8) is 0 Å². The summed E-state index contributed by atoms with van der Waals surface area (Å²) in [5.41, 5.74) is 2.02. The highest BCUT2D eigenvalue weighted by molar-refractivity contribution is 5.80. The monoisotopic (exact) mass is 354 g/mol. The highest BCUT2D eigenvalue weighted by Crippen LogP contribution is 2.15. The Labute approximate surface area is 154 Å². The van der Waals surface area contributed by atoms with Crippen LogP contribution in [0.4, 0.5) is 0 Å². The Bertz CT molecular complexity index is 704. The molecule has 3 rings (SSSR count). The summed E-state index contributed by atoms with van der Waals surface area (Å²) in [7, 11) is 0. The quantitative estimate of drug-likeness (QED) is 0.615. The van der Waals surface area contributed by atoms with E-state index in [1.807, 2.05) is 42.5 Å². The fraction of sp³-hybridized carbons (Fsp3) is 0.400. The molecule has 0 aliphatic carbocycles. The molecule has 2 aromatic rings. The van der Waals surface area contributed by atoms with Gasteiger partial charge in [-0.2, -0.15) is 0 Å². The van der Waals surface area contributed by atoms with E-state index in [9.17, 15) is 5.11 Å². The third kappa shape index (κ3) is 5.20. The molecule has 0 radical (unpaired) electrons. The first kappa shape index (κ1) is 18.2. The number of β-amino-alcohol motifs (C(OH)–C–C–N with tert-alkyl or cyclic N) is 1. The molecule has 1 unspecified atom stereocenters. The Morgan fingerprint density at radius 2 is 2.15 bits per heavy atom. The highest BCUT2D eigenvalue weighted by atomic mass is 16.5. The van der Waals surface area contributed by atoms with Crippen LogP contribution in [0, 0.1) is 0 Å². The third-order valence-corrected chi connectivity index (χ3v) is 4.25. The summed E-state index contributed by atoms with van der Waals surface area (Å²) in [6, 6.07) is 13.8. The molecule has 1 atom stereocenters. The second-order valence-electron chi connectivity index (χ2n) is 6.31. The van der Waals surface area contributed by atoms with Crippen LogP contribution in [-0.4, -0.2) is 46.7 Å². The van der Waals surface area contributed by atoms with Gasteiger partial charge in [-0.05, 0) is 43.2 Å². The molecule has 6 heteroatoms. The van der Waals surface area contributed by atoms with Gasteiger partial charge in [0.05, 0.1) is 18.3 Å². The fourth-order valence-corrected chi connectivity index (χ4v) is 2.86. The smallest absolute Gasteiger partial charge is 0.194 e. The topological polar surface area (TPSA) is 70.0 Å². The van der Waals surface area contributed by atoms with E-state index in [0.717, 1.165) is 42.5 Å². The van der Waals surface area contributed by atoms with E-state index in [-0.39, 0.29) is 6.10 Å². The van der Waals surface area contributed by atoms with Crippen LogP contribution in [0.3, 0.4) is 0 Å². The van der Waals surface area contributed by atoms with Crippen LogP contribution >= 0.6 is 0 Å². The molecule has 1 aliphatic rings. The lowest BCUT2D eigenvalue weighted by Crippen LogP contribution is -2.40. The zero-order valence-electron chi connectivity index (χ0n) is 15.1. The van der Waals surface area contributed by atoms with E-state index in [4.69, 9.17) is 9.73 Å². The molecule has 2 heterocycles. The van der Waals surface area contributed by atoms with Crippen LogP contribution in [0.1, 0.15) is 24.6 Å². The lowest BCUT2D eigenvalue weighted by atomic mass is 10.2. The number of nitrogens with zero attached hydrogens (tertiary/aromatic N) is 3. The first-order chi connectivity index (χ1) is 12.7. The van der Waals surface area contributed by atoms with Crippen LogP contribution in [0.2, 0.25) is 0 Å². The van der Waals surface area contributed by atoms with Crippen molar-refractivity contribution in [2.75, 3.05) is 19.6 Å². The van der Waals surface area contributed by atoms with Gasteiger partial charge in [0.25, 0.3) is 0 Å². The van der Waals surface area contributed by atoms with Crippen molar-refractivity contribution in [2.24, 2.45) is 4.99 Å². The minimum Gasteiger partial charge on any atom is -0.487 e. The Morgan fingerprint density at radius 3 is 2.81 bits per heavy atom. The van der Waals surface area contributed by atoms with Crippen LogP contribution in [0.15, 0.2) is 53.7 Å². The molecule has 26 heavy (non-hydrogen) atoms. The highest BCUT2D eigenvalue weighted by Gasteiger charge is 2.22. The summed E-state index contributed by atoms with van der Waals surface area (Å²) < 4.78 is 5.76. The summed E-state index contributed by atoms with van der Waals surface area (Å²) in [5, 5.41) is 13.0. The van der Waals surface area contributed by atoms with Gasteiger partial charge in [0.2, 0.25) is 0 Å². The number of benzene rings is 1. The van der Waals surface area contributed by atoms with Gasteiger partial charge in [-0.3, -0.25) is 4.98 Å². The van der Waals surface area contributed by atoms with Crippen molar-refractivity contribution in [1.29, 1.82) is 0 Å². The zero-order chi connectivity index (χ0) is 18.2. The van der Waals surface area contributed by atoms with Crippen molar-refractivity contribution in [3.05, 3.63) is 59.9 Å². The number of aliphatic imine (C=N–C) groups is 1. The van der Waals surface area contributed by atoms with Gasteiger partial charge in [-0.25, -0.2) is 4.99 Å². The predicted octanol–water partition coefficient (Wildman–Crippen LogP) is 2.19. The molecule has 0 spiro atoms. The van der Waals surface area contributed by atoms with Crippen molar-refractivity contribution in [3.8, 4) is 5.75 Å². The van der Waals surface area contributed by atoms with Crippen LogP contribution in [-0.2, 0) is 13.2 Å². The maximum absolute atomic E-state index is 9.72. The van der Waals surface area contributed by atoms with E-state index >= 15 is 0 Å². The zero-order valence-corrected chi connectivity index (χ0v) is 15.1.